The zero-order valence-electron chi connectivity index (χ0n) is 20.8. The van der Waals surface area contributed by atoms with Gasteiger partial charge in [-0.3, -0.25) is 0 Å². The van der Waals surface area contributed by atoms with Crippen molar-refractivity contribution in [2.75, 3.05) is 0 Å². The van der Waals surface area contributed by atoms with E-state index >= 15 is 0 Å². The number of phenolic OH excluding ortho intramolecular Hbond substituents is 2. The fraction of sp³-hybridized carbons (Fsp3) is 0. The van der Waals surface area contributed by atoms with Gasteiger partial charge in [0.05, 0.1) is 0 Å². The van der Waals surface area contributed by atoms with Crippen molar-refractivity contribution in [1.82, 2.24) is 0 Å². The van der Waals surface area contributed by atoms with E-state index in [9.17, 15) is 19.8 Å². The number of hydrogen-bond donors (Lipinski definition) is 2. The Morgan fingerprint density at radius 3 is 1.03 bits per heavy atom. The average Bonchev–Trinajstić information content (AvgIpc) is 2.98. The predicted octanol–water partition coefficient (Wildman–Crippen LogP) is 4.23. The summed E-state index contributed by atoms with van der Waals surface area (Å²) in [7, 11) is 0. The van der Waals surface area contributed by atoms with E-state index in [4.69, 9.17) is 6.03 Å². The zero-order valence-corrected chi connectivity index (χ0v) is 23.3. The Labute approximate surface area is 227 Å². The maximum absolute atomic E-state index is 14.0. The van der Waals surface area contributed by atoms with Gasteiger partial charge < -0.3 is 0 Å². The van der Waals surface area contributed by atoms with Crippen LogP contribution in [0.15, 0.2) is 140 Å². The maximum atomic E-state index is 14.0. The molecule has 0 saturated carbocycles. The van der Waals surface area contributed by atoms with Crippen molar-refractivity contribution in [2.45, 2.75) is 0 Å². The van der Waals surface area contributed by atoms with E-state index < -0.39 is 30.2 Å². The Kier molecular flexibility index (Phi) is 7.14. The van der Waals surface area contributed by atoms with Crippen LogP contribution in [0, 0.1) is 0 Å². The molecule has 0 unspecified atom stereocenters. The SMILES string of the molecule is O=C([O][Sb]([O]C(=O)c1ccccc1O)([c]1ccccc1)([c]1ccccc1)[c]1ccccc1)c1ccccc1O. The summed E-state index contributed by atoms with van der Waals surface area (Å²) in [4.78, 5) is 28.0. The van der Waals surface area contributed by atoms with Crippen molar-refractivity contribution in [3.8, 4) is 11.5 Å². The van der Waals surface area contributed by atoms with Crippen molar-refractivity contribution < 1.29 is 25.8 Å². The van der Waals surface area contributed by atoms with Crippen LogP contribution in [0.25, 0.3) is 0 Å². The Bertz CT molecular complexity index is 1460. The monoisotopic (exact) mass is 626 g/mol. The van der Waals surface area contributed by atoms with Crippen LogP contribution in [0.2, 0.25) is 0 Å². The van der Waals surface area contributed by atoms with Crippen LogP contribution >= 0.6 is 0 Å². The summed E-state index contributed by atoms with van der Waals surface area (Å²) in [5.41, 5.74) is -0.144. The second-order valence-electron chi connectivity index (χ2n) is 8.76. The summed E-state index contributed by atoms with van der Waals surface area (Å²) >= 11 is -6.18. The third kappa shape index (κ3) is 4.53. The fourth-order valence-electron chi connectivity index (χ4n) is 4.59. The number of aromatic hydroxyl groups is 2. The number of carbonyl (C=O) groups excluding carboxylic acids is 2. The molecule has 5 rings (SSSR count). The predicted molar refractivity (Wildman–Crippen MR) is 151 cm³/mol. The Hall–Kier alpha value is -4.54. The molecular formula is C32H25O6Sb. The van der Waals surface area contributed by atoms with Gasteiger partial charge in [-0.1, -0.05) is 0 Å². The Morgan fingerprint density at radius 2 is 0.718 bits per heavy atom. The zero-order chi connectivity index (χ0) is 27.3. The second kappa shape index (κ2) is 10.7. The van der Waals surface area contributed by atoms with Crippen LogP contribution in [0.5, 0.6) is 11.5 Å². The number of para-hydroxylation sites is 2. The van der Waals surface area contributed by atoms with Crippen LogP contribution in [0.4, 0.5) is 0 Å². The molecule has 0 aromatic heterocycles. The molecule has 0 aliphatic heterocycles. The first-order chi connectivity index (χ1) is 18.9. The first kappa shape index (κ1) is 26.1. The number of carbonyl (C=O) groups is 2. The van der Waals surface area contributed by atoms with Gasteiger partial charge in [0.2, 0.25) is 0 Å². The molecule has 7 heteroatoms. The van der Waals surface area contributed by atoms with Crippen molar-refractivity contribution in [3.63, 3.8) is 0 Å². The molecule has 5 aromatic rings. The number of hydrogen-bond acceptors (Lipinski definition) is 6. The summed E-state index contributed by atoms with van der Waals surface area (Å²) in [6.07, 6.45) is 0. The van der Waals surface area contributed by atoms with Crippen LogP contribution in [-0.2, 0) is 6.03 Å². The van der Waals surface area contributed by atoms with Crippen molar-refractivity contribution >= 4 is 40.7 Å². The topological polar surface area (TPSA) is 93.1 Å². The molecule has 0 atom stereocenters. The summed E-state index contributed by atoms with van der Waals surface area (Å²) in [6, 6.07) is 38.9. The van der Waals surface area contributed by atoms with E-state index in [-0.39, 0.29) is 22.6 Å². The summed E-state index contributed by atoms with van der Waals surface area (Å²) < 4.78 is 14.9. The molecule has 0 amide bonds. The standard InChI is InChI=1S/2C7H6O3.3C6H5.Sb/c2*8-6-4-2-1-3-5(6)7(9)10;3*1-2-4-6-5-3-1;/h2*1-4,8H,(H,9,10);3*1-5H;/q;;;;;+2/p-2. The van der Waals surface area contributed by atoms with E-state index in [2.05, 4.69) is 0 Å². The molecule has 6 nitrogen and oxygen atoms in total. The third-order valence-corrected chi connectivity index (χ3v) is 20.0. The molecule has 0 aliphatic rings. The van der Waals surface area contributed by atoms with E-state index in [1.54, 1.807) is 97.1 Å². The van der Waals surface area contributed by atoms with E-state index in [1.165, 1.54) is 24.3 Å². The molecule has 0 fully saturated rings. The minimum atomic E-state index is -6.18. The van der Waals surface area contributed by atoms with Gasteiger partial charge in [-0.05, 0) is 0 Å². The molecule has 0 saturated heterocycles. The van der Waals surface area contributed by atoms with Crippen molar-refractivity contribution in [2.24, 2.45) is 0 Å². The molecule has 39 heavy (non-hydrogen) atoms. The fourth-order valence-corrected chi connectivity index (χ4v) is 17.5. The van der Waals surface area contributed by atoms with Crippen LogP contribution in [0.1, 0.15) is 20.7 Å². The van der Waals surface area contributed by atoms with Gasteiger partial charge in [0, 0.05) is 0 Å². The third-order valence-electron chi connectivity index (χ3n) is 6.44. The molecule has 0 radical (unpaired) electrons. The molecule has 2 N–H and O–H groups in total. The van der Waals surface area contributed by atoms with E-state index in [0.717, 1.165) is 0 Å². The minimum absolute atomic E-state index is 0.0721. The molecule has 0 spiro atoms. The molecule has 0 heterocycles. The van der Waals surface area contributed by atoms with Crippen molar-refractivity contribution in [3.05, 3.63) is 151 Å². The summed E-state index contributed by atoms with van der Waals surface area (Å²) in [5.74, 6) is -2.23. The second-order valence-corrected chi connectivity index (χ2v) is 19.7. The van der Waals surface area contributed by atoms with Crippen LogP contribution in [-0.4, -0.2) is 40.4 Å². The Balaban J connectivity index is 1.90. The van der Waals surface area contributed by atoms with Crippen LogP contribution < -0.4 is 10.5 Å². The Morgan fingerprint density at radius 1 is 0.436 bits per heavy atom. The molecule has 194 valence electrons. The van der Waals surface area contributed by atoms with E-state index in [1.807, 2.05) is 18.2 Å². The van der Waals surface area contributed by atoms with Gasteiger partial charge in [0.1, 0.15) is 0 Å². The number of benzene rings is 5. The molecule has 5 aromatic carbocycles. The molecule has 0 bridgehead atoms. The van der Waals surface area contributed by atoms with Gasteiger partial charge in [-0.15, -0.1) is 0 Å². The average molecular weight is 627 g/mol. The summed E-state index contributed by atoms with van der Waals surface area (Å²) in [5, 5.41) is 21.1. The first-order valence-corrected chi connectivity index (χ1v) is 18.1. The van der Waals surface area contributed by atoms with Crippen molar-refractivity contribution in [1.29, 1.82) is 0 Å². The normalized spacial score (nSPS) is 12.1. The summed E-state index contributed by atoms with van der Waals surface area (Å²) in [6.45, 7) is 0. The van der Waals surface area contributed by atoms with Gasteiger partial charge in [0.15, 0.2) is 0 Å². The quantitative estimate of drug-likeness (QED) is 0.263. The number of phenols is 2. The van der Waals surface area contributed by atoms with Gasteiger partial charge in [-0.25, -0.2) is 0 Å². The van der Waals surface area contributed by atoms with Crippen LogP contribution in [0.3, 0.4) is 0 Å². The van der Waals surface area contributed by atoms with Gasteiger partial charge in [-0.2, -0.15) is 0 Å². The molecular weight excluding hydrogens is 602 g/mol. The number of rotatable bonds is 7. The van der Waals surface area contributed by atoms with Gasteiger partial charge in [0.25, 0.3) is 0 Å². The first-order valence-electron chi connectivity index (χ1n) is 12.2. The molecule has 0 aliphatic carbocycles. The van der Waals surface area contributed by atoms with E-state index in [0.29, 0.717) is 10.5 Å². The van der Waals surface area contributed by atoms with Gasteiger partial charge >= 0.3 is 229 Å².